The lowest BCUT2D eigenvalue weighted by Gasteiger charge is -2.22. The smallest absolute Gasteiger partial charge is 0.220 e. The van der Waals surface area contributed by atoms with Crippen molar-refractivity contribution in [2.24, 2.45) is 5.73 Å². The lowest BCUT2D eigenvalue weighted by molar-refractivity contribution is -0.121. The highest BCUT2D eigenvalue weighted by Crippen LogP contribution is 2.32. The highest BCUT2D eigenvalue weighted by Gasteiger charge is 2.24. The van der Waals surface area contributed by atoms with Crippen LogP contribution in [0.15, 0.2) is 48.5 Å². The van der Waals surface area contributed by atoms with Gasteiger partial charge in [-0.1, -0.05) is 55.0 Å². The van der Waals surface area contributed by atoms with Gasteiger partial charge in [-0.05, 0) is 54.5 Å². The maximum Gasteiger partial charge on any atom is 0.220 e. The van der Waals surface area contributed by atoms with Crippen molar-refractivity contribution >= 4 is 5.91 Å². The van der Waals surface area contributed by atoms with Crippen LogP contribution in [0.5, 0.6) is 0 Å². The summed E-state index contributed by atoms with van der Waals surface area (Å²) in [6, 6.07) is 16.9. The van der Waals surface area contributed by atoms with Crippen molar-refractivity contribution in [2.45, 2.75) is 44.6 Å². The Balaban J connectivity index is 1.81. The molecule has 126 valence electrons. The highest BCUT2D eigenvalue weighted by atomic mass is 16.1. The van der Waals surface area contributed by atoms with E-state index in [4.69, 9.17) is 5.73 Å². The third-order valence-electron chi connectivity index (χ3n) is 4.81. The SMILES string of the molecule is NCCCCCC(=O)NC1c2ccccc2CCc2ccccc21. The minimum absolute atomic E-state index is 0.0399. The fraction of sp³-hybridized carbons (Fsp3) is 0.381. The van der Waals surface area contributed by atoms with Crippen LogP contribution in [0.4, 0.5) is 0 Å². The molecule has 0 fully saturated rings. The van der Waals surface area contributed by atoms with E-state index in [2.05, 4.69) is 53.8 Å². The minimum atomic E-state index is -0.0399. The van der Waals surface area contributed by atoms with Crippen LogP contribution < -0.4 is 11.1 Å². The molecule has 0 spiro atoms. The summed E-state index contributed by atoms with van der Waals surface area (Å²) in [7, 11) is 0. The summed E-state index contributed by atoms with van der Waals surface area (Å²) < 4.78 is 0. The highest BCUT2D eigenvalue weighted by molar-refractivity contribution is 5.77. The molecule has 0 unspecified atom stereocenters. The summed E-state index contributed by atoms with van der Waals surface area (Å²) in [6.07, 6.45) is 5.52. The number of nitrogens with two attached hydrogens (primary N) is 1. The van der Waals surface area contributed by atoms with Crippen molar-refractivity contribution in [3.63, 3.8) is 0 Å². The van der Waals surface area contributed by atoms with Gasteiger partial charge in [0.25, 0.3) is 0 Å². The molecular weight excluding hydrogens is 296 g/mol. The Kier molecular flexibility index (Phi) is 5.65. The van der Waals surface area contributed by atoms with Crippen LogP contribution in [0.3, 0.4) is 0 Å². The summed E-state index contributed by atoms with van der Waals surface area (Å²) in [5.41, 5.74) is 10.7. The van der Waals surface area contributed by atoms with Gasteiger partial charge in [0.15, 0.2) is 0 Å². The number of benzene rings is 2. The van der Waals surface area contributed by atoms with Crippen LogP contribution in [0.25, 0.3) is 0 Å². The largest absolute Gasteiger partial charge is 0.345 e. The van der Waals surface area contributed by atoms with Gasteiger partial charge in [0.1, 0.15) is 0 Å². The van der Waals surface area contributed by atoms with Crippen molar-refractivity contribution in [3.8, 4) is 0 Å². The van der Waals surface area contributed by atoms with Crippen molar-refractivity contribution in [2.75, 3.05) is 6.54 Å². The Morgan fingerprint density at radius 2 is 1.50 bits per heavy atom. The van der Waals surface area contributed by atoms with E-state index in [1.165, 1.54) is 22.3 Å². The molecule has 24 heavy (non-hydrogen) atoms. The second-order valence-electron chi connectivity index (χ2n) is 6.50. The fourth-order valence-electron chi connectivity index (χ4n) is 3.52. The first-order valence-electron chi connectivity index (χ1n) is 8.94. The number of carbonyl (C=O) groups is 1. The molecule has 3 nitrogen and oxygen atoms in total. The number of aryl methyl sites for hydroxylation is 2. The van der Waals surface area contributed by atoms with Gasteiger partial charge in [0.2, 0.25) is 5.91 Å². The molecule has 0 saturated heterocycles. The average molecular weight is 322 g/mol. The van der Waals surface area contributed by atoms with E-state index >= 15 is 0 Å². The maximum absolute atomic E-state index is 12.5. The van der Waals surface area contributed by atoms with E-state index < -0.39 is 0 Å². The van der Waals surface area contributed by atoms with E-state index in [0.29, 0.717) is 13.0 Å². The molecule has 1 aliphatic carbocycles. The third kappa shape index (κ3) is 3.85. The van der Waals surface area contributed by atoms with Crippen LogP contribution in [0.1, 0.15) is 54.0 Å². The monoisotopic (exact) mass is 322 g/mol. The van der Waals surface area contributed by atoms with Gasteiger partial charge in [-0.2, -0.15) is 0 Å². The summed E-state index contributed by atoms with van der Waals surface area (Å²) in [6.45, 7) is 0.699. The molecule has 3 N–H and O–H groups in total. The first kappa shape index (κ1) is 16.7. The van der Waals surface area contributed by atoms with Gasteiger partial charge in [-0.15, -0.1) is 0 Å². The molecule has 2 aromatic carbocycles. The quantitative estimate of drug-likeness (QED) is 0.800. The van der Waals surface area contributed by atoms with Crippen LogP contribution in [-0.2, 0) is 17.6 Å². The van der Waals surface area contributed by atoms with Crippen molar-refractivity contribution in [1.82, 2.24) is 5.32 Å². The van der Waals surface area contributed by atoms with E-state index in [0.717, 1.165) is 32.1 Å². The van der Waals surface area contributed by atoms with Gasteiger partial charge in [0, 0.05) is 6.42 Å². The molecule has 0 atom stereocenters. The number of hydrogen-bond acceptors (Lipinski definition) is 2. The molecule has 0 radical (unpaired) electrons. The minimum Gasteiger partial charge on any atom is -0.345 e. The number of hydrogen-bond donors (Lipinski definition) is 2. The Morgan fingerprint density at radius 1 is 0.917 bits per heavy atom. The molecule has 3 rings (SSSR count). The fourth-order valence-corrected chi connectivity index (χ4v) is 3.52. The number of amides is 1. The first-order valence-corrected chi connectivity index (χ1v) is 8.94. The number of carbonyl (C=O) groups excluding carboxylic acids is 1. The molecule has 3 heteroatoms. The Bertz CT molecular complexity index is 648. The molecule has 1 amide bonds. The zero-order chi connectivity index (χ0) is 16.8. The number of nitrogens with one attached hydrogen (secondary N) is 1. The second kappa shape index (κ2) is 8.11. The third-order valence-corrected chi connectivity index (χ3v) is 4.81. The van der Waals surface area contributed by atoms with E-state index in [1.54, 1.807) is 0 Å². The van der Waals surface area contributed by atoms with Crippen molar-refractivity contribution in [3.05, 3.63) is 70.8 Å². The lowest BCUT2D eigenvalue weighted by atomic mass is 9.94. The molecule has 0 heterocycles. The van der Waals surface area contributed by atoms with Crippen molar-refractivity contribution < 1.29 is 4.79 Å². The molecule has 0 aliphatic heterocycles. The second-order valence-corrected chi connectivity index (χ2v) is 6.50. The molecule has 0 aromatic heterocycles. The number of fused-ring (bicyclic) bond motifs is 2. The molecular formula is C21H26N2O. The molecule has 0 saturated carbocycles. The number of unbranched alkanes of at least 4 members (excludes halogenated alkanes) is 2. The maximum atomic E-state index is 12.5. The normalized spacial score (nSPS) is 13.7. The van der Waals surface area contributed by atoms with Crippen LogP contribution >= 0.6 is 0 Å². The first-order chi connectivity index (χ1) is 11.8. The zero-order valence-corrected chi connectivity index (χ0v) is 14.1. The van der Waals surface area contributed by atoms with Gasteiger partial charge in [0.05, 0.1) is 6.04 Å². The van der Waals surface area contributed by atoms with Crippen molar-refractivity contribution in [1.29, 1.82) is 0 Å². The van der Waals surface area contributed by atoms with Crippen LogP contribution in [0, 0.1) is 0 Å². The zero-order valence-electron chi connectivity index (χ0n) is 14.1. The van der Waals surface area contributed by atoms with Gasteiger partial charge >= 0.3 is 0 Å². The van der Waals surface area contributed by atoms with Crippen LogP contribution in [-0.4, -0.2) is 12.5 Å². The molecule has 2 aromatic rings. The molecule has 0 bridgehead atoms. The van der Waals surface area contributed by atoms with E-state index in [9.17, 15) is 4.79 Å². The summed E-state index contributed by atoms with van der Waals surface area (Å²) in [4.78, 5) is 12.5. The lowest BCUT2D eigenvalue weighted by Crippen LogP contribution is -2.29. The number of rotatable bonds is 6. The summed E-state index contributed by atoms with van der Waals surface area (Å²) in [5, 5.41) is 3.28. The van der Waals surface area contributed by atoms with Gasteiger partial charge in [-0.3, -0.25) is 4.79 Å². The van der Waals surface area contributed by atoms with Crippen LogP contribution in [0.2, 0.25) is 0 Å². The Morgan fingerprint density at radius 3 is 2.08 bits per heavy atom. The molecule has 1 aliphatic rings. The van der Waals surface area contributed by atoms with E-state index in [-0.39, 0.29) is 11.9 Å². The standard InChI is InChI=1S/C21H26N2O/c22-15-7-1-2-12-20(24)23-21-18-10-5-3-8-16(18)13-14-17-9-4-6-11-19(17)21/h3-6,8-11,21H,1-2,7,12-15,22H2,(H,23,24). The predicted octanol–water partition coefficient (Wildman–Crippen LogP) is 3.51. The van der Waals surface area contributed by atoms with Gasteiger partial charge in [-0.25, -0.2) is 0 Å². The summed E-state index contributed by atoms with van der Waals surface area (Å²) in [5.74, 6) is 0.128. The topological polar surface area (TPSA) is 55.1 Å². The predicted molar refractivity (Wildman–Crippen MR) is 97.8 cm³/mol. The average Bonchev–Trinajstić information content (AvgIpc) is 2.77. The van der Waals surface area contributed by atoms with E-state index in [1.807, 2.05) is 0 Å². The summed E-state index contributed by atoms with van der Waals surface area (Å²) >= 11 is 0. The Labute approximate surface area is 144 Å². The Hall–Kier alpha value is -2.13. The van der Waals surface area contributed by atoms with Gasteiger partial charge < -0.3 is 11.1 Å².